The van der Waals surface area contributed by atoms with Crippen molar-refractivity contribution in [1.29, 1.82) is 0 Å². The lowest BCUT2D eigenvalue weighted by atomic mass is 10.0. The molecule has 7 nitrogen and oxygen atoms in total. The molecule has 0 saturated carbocycles. The van der Waals surface area contributed by atoms with Gasteiger partial charge in [-0.05, 0) is 45.8 Å². The number of piperidine rings is 1. The number of guanidine groups is 1. The number of likely N-dealkylation sites (tertiary alicyclic amines) is 1. The molecule has 2 aliphatic heterocycles. The molecule has 0 radical (unpaired) electrons. The molecule has 3 rings (SSSR count). The van der Waals surface area contributed by atoms with Crippen molar-refractivity contribution >= 4 is 15.8 Å². The van der Waals surface area contributed by atoms with Crippen molar-refractivity contribution in [1.82, 2.24) is 15.1 Å². The molecule has 0 aliphatic carbocycles. The van der Waals surface area contributed by atoms with Crippen molar-refractivity contribution in [3.05, 3.63) is 29.8 Å². The summed E-state index contributed by atoms with van der Waals surface area (Å²) in [5.74, 6) is 1.81. The predicted octanol–water partition coefficient (Wildman–Crippen LogP) is 2.31. The number of benzene rings is 1. The Bertz CT molecular complexity index is 848. The van der Waals surface area contributed by atoms with Crippen molar-refractivity contribution in [3.63, 3.8) is 0 Å². The monoisotopic (exact) mass is 436 g/mol. The van der Waals surface area contributed by atoms with Gasteiger partial charge in [0.05, 0.1) is 23.7 Å². The van der Waals surface area contributed by atoms with Gasteiger partial charge in [-0.2, -0.15) is 0 Å². The molecule has 1 aromatic carbocycles. The van der Waals surface area contributed by atoms with Gasteiger partial charge < -0.3 is 15.0 Å². The minimum absolute atomic E-state index is 0.156. The van der Waals surface area contributed by atoms with Gasteiger partial charge in [0.2, 0.25) is 0 Å². The third-order valence-electron chi connectivity index (χ3n) is 6.34. The summed E-state index contributed by atoms with van der Waals surface area (Å²) in [4.78, 5) is 9.05. The van der Waals surface area contributed by atoms with Gasteiger partial charge in [0.1, 0.15) is 5.75 Å². The summed E-state index contributed by atoms with van der Waals surface area (Å²) < 4.78 is 29.6. The lowest BCUT2D eigenvalue weighted by Gasteiger charge is -2.40. The molecule has 2 saturated heterocycles. The van der Waals surface area contributed by atoms with E-state index in [4.69, 9.17) is 4.74 Å². The number of para-hydroxylation sites is 1. The Morgan fingerprint density at radius 3 is 2.53 bits per heavy atom. The van der Waals surface area contributed by atoms with Crippen LogP contribution in [0.1, 0.15) is 44.7 Å². The third-order valence-corrected chi connectivity index (χ3v) is 8.87. The normalized spacial score (nSPS) is 23.1. The van der Waals surface area contributed by atoms with E-state index in [2.05, 4.69) is 32.2 Å². The van der Waals surface area contributed by atoms with E-state index in [1.54, 1.807) is 28.0 Å². The molecule has 1 unspecified atom stereocenters. The van der Waals surface area contributed by atoms with E-state index < -0.39 is 14.6 Å². The zero-order valence-corrected chi connectivity index (χ0v) is 19.5. The summed E-state index contributed by atoms with van der Waals surface area (Å²) in [5.41, 5.74) is 1.17. The molecule has 2 heterocycles. The Kier molecular flexibility index (Phi) is 7.29. The summed E-state index contributed by atoms with van der Waals surface area (Å²) in [6.07, 6.45) is 3.69. The van der Waals surface area contributed by atoms with Crippen molar-refractivity contribution in [3.8, 4) is 5.75 Å². The fraction of sp³-hybridized carbons (Fsp3) is 0.682. The van der Waals surface area contributed by atoms with E-state index in [1.807, 2.05) is 12.1 Å². The fourth-order valence-electron chi connectivity index (χ4n) is 4.45. The highest BCUT2D eigenvalue weighted by Gasteiger charge is 2.41. The first-order chi connectivity index (χ1) is 14.3. The van der Waals surface area contributed by atoms with Crippen LogP contribution in [-0.4, -0.2) is 81.6 Å². The van der Waals surface area contributed by atoms with Gasteiger partial charge in [0.15, 0.2) is 15.8 Å². The Labute approximate surface area is 181 Å². The summed E-state index contributed by atoms with van der Waals surface area (Å²) in [6.45, 7) is 7.33. The van der Waals surface area contributed by atoms with E-state index in [0.29, 0.717) is 19.6 Å². The lowest BCUT2D eigenvalue weighted by molar-refractivity contribution is 0.160. The smallest absolute Gasteiger partial charge is 0.193 e. The van der Waals surface area contributed by atoms with Crippen molar-refractivity contribution < 1.29 is 13.2 Å². The van der Waals surface area contributed by atoms with Gasteiger partial charge in [0, 0.05) is 32.2 Å². The van der Waals surface area contributed by atoms with E-state index >= 15 is 0 Å². The summed E-state index contributed by atoms with van der Waals surface area (Å²) in [5, 5.41) is 3.54. The molecule has 168 valence electrons. The number of aliphatic imine (C=N–C) groups is 1. The van der Waals surface area contributed by atoms with Crippen LogP contribution in [0.2, 0.25) is 0 Å². The molecule has 30 heavy (non-hydrogen) atoms. The van der Waals surface area contributed by atoms with Gasteiger partial charge in [-0.25, -0.2) is 8.42 Å². The molecule has 0 spiro atoms. The van der Waals surface area contributed by atoms with E-state index in [1.165, 1.54) is 24.8 Å². The molecule has 0 amide bonds. The SMILES string of the molecule is CN=C(NCC(c1ccccc1OC)N1CCCCC1)N1CCS(=O)(=O)C(C)(C)C1. The van der Waals surface area contributed by atoms with Crippen LogP contribution in [0.4, 0.5) is 0 Å². The van der Waals surface area contributed by atoms with Crippen LogP contribution >= 0.6 is 0 Å². The van der Waals surface area contributed by atoms with E-state index in [-0.39, 0.29) is 11.8 Å². The maximum Gasteiger partial charge on any atom is 0.193 e. The average Bonchev–Trinajstić information content (AvgIpc) is 2.74. The minimum atomic E-state index is -3.09. The van der Waals surface area contributed by atoms with Crippen LogP contribution in [0.15, 0.2) is 29.3 Å². The Balaban J connectivity index is 1.77. The number of rotatable bonds is 5. The van der Waals surface area contributed by atoms with Crippen LogP contribution in [0.5, 0.6) is 5.75 Å². The first-order valence-electron chi connectivity index (χ1n) is 10.8. The number of methoxy groups -OCH3 is 1. The lowest BCUT2D eigenvalue weighted by Crippen LogP contribution is -2.57. The molecule has 2 fully saturated rings. The van der Waals surface area contributed by atoms with Crippen molar-refractivity contribution in [2.24, 2.45) is 4.99 Å². The van der Waals surface area contributed by atoms with E-state index in [9.17, 15) is 8.42 Å². The van der Waals surface area contributed by atoms with Crippen LogP contribution in [-0.2, 0) is 9.84 Å². The second-order valence-corrected chi connectivity index (χ2v) is 11.5. The molecule has 0 aromatic heterocycles. The fourth-order valence-corrected chi connectivity index (χ4v) is 5.82. The highest BCUT2D eigenvalue weighted by molar-refractivity contribution is 7.92. The molecule has 1 aromatic rings. The molecular weight excluding hydrogens is 400 g/mol. The van der Waals surface area contributed by atoms with Gasteiger partial charge in [-0.3, -0.25) is 9.89 Å². The van der Waals surface area contributed by atoms with Gasteiger partial charge in [-0.15, -0.1) is 0 Å². The number of nitrogens with one attached hydrogen (secondary N) is 1. The second-order valence-electron chi connectivity index (χ2n) is 8.78. The van der Waals surface area contributed by atoms with E-state index in [0.717, 1.165) is 24.8 Å². The largest absolute Gasteiger partial charge is 0.496 e. The molecule has 0 bridgehead atoms. The highest BCUT2D eigenvalue weighted by atomic mass is 32.2. The number of hydrogen-bond donors (Lipinski definition) is 1. The Morgan fingerprint density at radius 2 is 1.90 bits per heavy atom. The quantitative estimate of drug-likeness (QED) is 0.564. The first kappa shape index (κ1) is 22.9. The number of sulfone groups is 1. The number of hydrogen-bond acceptors (Lipinski definition) is 5. The zero-order chi connectivity index (χ0) is 21.8. The standard InChI is InChI=1S/C22H36N4O3S/c1-22(2)17-26(14-15-30(22,27)28)21(23-3)24-16-19(25-12-8-5-9-13-25)18-10-6-7-11-20(18)29-4/h6-7,10-11,19H,5,8-9,12-17H2,1-4H3,(H,23,24). The third kappa shape index (κ3) is 4.91. The number of ether oxygens (including phenoxy) is 1. The maximum absolute atomic E-state index is 12.4. The number of nitrogens with zero attached hydrogens (tertiary/aromatic N) is 3. The molecular formula is C22H36N4O3S. The van der Waals surface area contributed by atoms with Gasteiger partial charge in [-0.1, -0.05) is 24.6 Å². The summed E-state index contributed by atoms with van der Waals surface area (Å²) in [7, 11) is 0.393. The van der Waals surface area contributed by atoms with Crippen LogP contribution < -0.4 is 10.1 Å². The van der Waals surface area contributed by atoms with Crippen LogP contribution in [0.25, 0.3) is 0 Å². The van der Waals surface area contributed by atoms with Crippen LogP contribution in [0, 0.1) is 0 Å². The van der Waals surface area contributed by atoms with Gasteiger partial charge in [0.25, 0.3) is 0 Å². The molecule has 2 aliphatic rings. The zero-order valence-electron chi connectivity index (χ0n) is 18.7. The minimum Gasteiger partial charge on any atom is -0.496 e. The maximum atomic E-state index is 12.4. The summed E-state index contributed by atoms with van der Waals surface area (Å²) >= 11 is 0. The van der Waals surface area contributed by atoms with Gasteiger partial charge >= 0.3 is 0 Å². The summed E-state index contributed by atoms with van der Waals surface area (Å²) in [6, 6.07) is 8.37. The topological polar surface area (TPSA) is 74.2 Å². The van der Waals surface area contributed by atoms with Crippen molar-refractivity contribution in [2.45, 2.75) is 43.9 Å². The molecule has 1 atom stereocenters. The predicted molar refractivity (Wildman–Crippen MR) is 122 cm³/mol. The average molecular weight is 437 g/mol. The molecule has 8 heteroatoms. The second kappa shape index (κ2) is 9.56. The Morgan fingerprint density at radius 1 is 1.20 bits per heavy atom. The van der Waals surface area contributed by atoms with Crippen molar-refractivity contribution in [2.75, 3.05) is 52.6 Å². The van der Waals surface area contributed by atoms with Crippen LogP contribution in [0.3, 0.4) is 0 Å². The first-order valence-corrected chi connectivity index (χ1v) is 12.5. The Hall–Kier alpha value is -1.80. The molecule has 1 N–H and O–H groups in total. The highest BCUT2D eigenvalue weighted by Crippen LogP contribution is 2.31.